The number of aromatic nitrogens is 4. The van der Waals surface area contributed by atoms with Crippen molar-refractivity contribution in [3.8, 4) is 11.3 Å². The maximum Gasteiger partial charge on any atom is 0.327 e. The molecule has 3 rings (SSSR count). The average molecular weight is 363 g/mol. The van der Waals surface area contributed by atoms with Crippen LogP contribution in [0.15, 0.2) is 35.1 Å². The van der Waals surface area contributed by atoms with Crippen molar-refractivity contribution in [2.24, 2.45) is 7.05 Å². The van der Waals surface area contributed by atoms with Gasteiger partial charge in [-0.3, -0.25) is 14.2 Å². The third-order valence-electron chi connectivity index (χ3n) is 3.32. The number of benzene rings is 1. The van der Waals surface area contributed by atoms with E-state index in [4.69, 9.17) is 4.74 Å². The lowest BCUT2D eigenvalue weighted by molar-refractivity contribution is -0.144. The Labute approximate surface area is 135 Å². The standard InChI is InChI=1S/C15H15BrN4O2/c1-3-22-14(21)9-20-8-10(7-17-20)15-12-6-11(16)4-5-13(12)19(2)18-15/h4-8H,3,9H2,1-2H3. The van der Waals surface area contributed by atoms with Crippen LogP contribution in [-0.2, 0) is 23.1 Å². The van der Waals surface area contributed by atoms with Crippen LogP contribution in [0.5, 0.6) is 0 Å². The van der Waals surface area contributed by atoms with E-state index in [-0.39, 0.29) is 12.5 Å². The Bertz CT molecular complexity index is 837. The summed E-state index contributed by atoms with van der Waals surface area (Å²) in [7, 11) is 1.91. The number of carbonyl (C=O) groups is 1. The molecule has 0 saturated heterocycles. The number of esters is 1. The van der Waals surface area contributed by atoms with E-state index in [0.29, 0.717) is 6.61 Å². The summed E-state index contributed by atoms with van der Waals surface area (Å²) in [5, 5.41) is 9.80. The molecule has 0 fully saturated rings. The fourth-order valence-corrected chi connectivity index (χ4v) is 2.72. The Balaban J connectivity index is 1.96. The second-order valence-electron chi connectivity index (χ2n) is 4.87. The molecule has 0 spiro atoms. The monoisotopic (exact) mass is 362 g/mol. The van der Waals surface area contributed by atoms with Crippen LogP contribution in [0.1, 0.15) is 6.92 Å². The van der Waals surface area contributed by atoms with Crippen LogP contribution in [-0.4, -0.2) is 32.1 Å². The van der Waals surface area contributed by atoms with Gasteiger partial charge in [-0.25, -0.2) is 0 Å². The van der Waals surface area contributed by atoms with Gasteiger partial charge in [0.25, 0.3) is 0 Å². The maximum atomic E-state index is 11.5. The summed E-state index contributed by atoms with van der Waals surface area (Å²) in [6.45, 7) is 2.25. The van der Waals surface area contributed by atoms with Gasteiger partial charge in [0, 0.05) is 28.7 Å². The fraction of sp³-hybridized carbons (Fsp3) is 0.267. The summed E-state index contributed by atoms with van der Waals surface area (Å²) >= 11 is 3.48. The molecule has 0 amide bonds. The number of hydrogen-bond acceptors (Lipinski definition) is 4. The van der Waals surface area contributed by atoms with Crippen LogP contribution in [0.3, 0.4) is 0 Å². The number of fused-ring (bicyclic) bond motifs is 1. The van der Waals surface area contributed by atoms with Gasteiger partial charge < -0.3 is 4.74 Å². The lowest BCUT2D eigenvalue weighted by atomic mass is 10.1. The lowest BCUT2D eigenvalue weighted by Crippen LogP contribution is -2.13. The van der Waals surface area contributed by atoms with Crippen molar-refractivity contribution in [3.63, 3.8) is 0 Å². The largest absolute Gasteiger partial charge is 0.465 e. The molecule has 114 valence electrons. The van der Waals surface area contributed by atoms with Gasteiger partial charge in [0.2, 0.25) is 0 Å². The summed E-state index contributed by atoms with van der Waals surface area (Å²) < 4.78 is 9.31. The van der Waals surface area contributed by atoms with Gasteiger partial charge in [0.15, 0.2) is 0 Å². The van der Waals surface area contributed by atoms with Gasteiger partial charge in [-0.1, -0.05) is 15.9 Å². The summed E-state index contributed by atoms with van der Waals surface area (Å²) in [6, 6.07) is 6.03. The Morgan fingerprint density at radius 2 is 2.23 bits per heavy atom. The van der Waals surface area contributed by atoms with Gasteiger partial charge in [0.05, 0.1) is 18.3 Å². The Kier molecular flexibility index (Phi) is 3.98. The highest BCUT2D eigenvalue weighted by Gasteiger charge is 2.13. The molecular weight excluding hydrogens is 348 g/mol. The van der Waals surface area contributed by atoms with E-state index in [1.807, 2.05) is 29.9 Å². The lowest BCUT2D eigenvalue weighted by Gasteiger charge is -2.00. The number of ether oxygens (including phenoxy) is 1. The van der Waals surface area contributed by atoms with E-state index in [2.05, 4.69) is 26.1 Å². The van der Waals surface area contributed by atoms with Crippen LogP contribution in [0.4, 0.5) is 0 Å². The normalized spacial score (nSPS) is 11.0. The second-order valence-corrected chi connectivity index (χ2v) is 5.78. The van der Waals surface area contributed by atoms with Crippen LogP contribution in [0.2, 0.25) is 0 Å². The van der Waals surface area contributed by atoms with Gasteiger partial charge in [-0.2, -0.15) is 10.2 Å². The van der Waals surface area contributed by atoms with Crippen LogP contribution >= 0.6 is 15.9 Å². The first-order valence-corrected chi connectivity index (χ1v) is 7.68. The Morgan fingerprint density at radius 1 is 1.41 bits per heavy atom. The number of nitrogens with zero attached hydrogens (tertiary/aromatic N) is 4. The second kappa shape index (κ2) is 5.92. The smallest absolute Gasteiger partial charge is 0.327 e. The molecule has 22 heavy (non-hydrogen) atoms. The number of rotatable bonds is 4. The van der Waals surface area contributed by atoms with Crippen molar-refractivity contribution in [1.82, 2.24) is 19.6 Å². The summed E-state index contributed by atoms with van der Waals surface area (Å²) in [5.74, 6) is -0.300. The minimum Gasteiger partial charge on any atom is -0.465 e. The third-order valence-corrected chi connectivity index (χ3v) is 3.81. The van der Waals surface area contributed by atoms with Crippen LogP contribution in [0.25, 0.3) is 22.2 Å². The maximum absolute atomic E-state index is 11.5. The summed E-state index contributed by atoms with van der Waals surface area (Å²) in [5.41, 5.74) is 2.75. The molecule has 0 atom stereocenters. The first-order valence-electron chi connectivity index (χ1n) is 6.89. The molecule has 7 heteroatoms. The molecule has 0 N–H and O–H groups in total. The molecule has 3 aromatic rings. The Morgan fingerprint density at radius 3 is 3.00 bits per heavy atom. The zero-order valence-electron chi connectivity index (χ0n) is 12.3. The average Bonchev–Trinajstić information content (AvgIpc) is 3.04. The predicted molar refractivity (Wildman–Crippen MR) is 86.3 cm³/mol. The molecule has 0 aliphatic heterocycles. The molecule has 0 radical (unpaired) electrons. The van der Waals surface area contributed by atoms with Crippen molar-refractivity contribution >= 4 is 32.8 Å². The van der Waals surface area contributed by atoms with E-state index in [0.717, 1.165) is 26.6 Å². The van der Waals surface area contributed by atoms with E-state index >= 15 is 0 Å². The summed E-state index contributed by atoms with van der Waals surface area (Å²) in [4.78, 5) is 11.5. The van der Waals surface area contributed by atoms with E-state index < -0.39 is 0 Å². The first-order chi connectivity index (χ1) is 10.6. The molecule has 0 aliphatic carbocycles. The fourth-order valence-electron chi connectivity index (χ4n) is 2.36. The van der Waals surface area contributed by atoms with Crippen LogP contribution < -0.4 is 0 Å². The predicted octanol–water partition coefficient (Wildman–Crippen LogP) is 2.76. The molecule has 0 unspecified atom stereocenters. The quantitative estimate of drug-likeness (QED) is 0.669. The molecule has 1 aromatic carbocycles. The molecule has 2 aromatic heterocycles. The Hall–Kier alpha value is -2.15. The van der Waals surface area contributed by atoms with Crippen molar-refractivity contribution < 1.29 is 9.53 Å². The number of aryl methyl sites for hydroxylation is 1. The van der Waals surface area contributed by atoms with Crippen molar-refractivity contribution in [1.29, 1.82) is 0 Å². The first kappa shape index (κ1) is 14.8. The highest BCUT2D eigenvalue weighted by atomic mass is 79.9. The molecule has 0 saturated carbocycles. The highest BCUT2D eigenvalue weighted by Crippen LogP contribution is 2.29. The van der Waals surface area contributed by atoms with Crippen molar-refractivity contribution in [2.45, 2.75) is 13.5 Å². The molecule has 2 heterocycles. The summed E-state index contributed by atoms with van der Waals surface area (Å²) in [6.07, 6.45) is 3.52. The van der Waals surface area contributed by atoms with Crippen molar-refractivity contribution in [2.75, 3.05) is 6.61 Å². The minimum absolute atomic E-state index is 0.0995. The highest BCUT2D eigenvalue weighted by molar-refractivity contribution is 9.10. The third kappa shape index (κ3) is 2.76. The minimum atomic E-state index is -0.300. The molecule has 0 bridgehead atoms. The van der Waals surface area contributed by atoms with Gasteiger partial charge >= 0.3 is 5.97 Å². The topological polar surface area (TPSA) is 61.9 Å². The molecule has 6 nitrogen and oxygen atoms in total. The van der Waals surface area contributed by atoms with Gasteiger partial charge in [-0.15, -0.1) is 0 Å². The van der Waals surface area contributed by atoms with Gasteiger partial charge in [-0.05, 0) is 25.1 Å². The van der Waals surface area contributed by atoms with E-state index in [9.17, 15) is 4.79 Å². The SMILES string of the molecule is CCOC(=O)Cn1cc(-c2nn(C)c3ccc(Br)cc23)cn1. The van der Waals surface area contributed by atoms with E-state index in [1.54, 1.807) is 24.0 Å². The zero-order chi connectivity index (χ0) is 15.7. The molecular formula is C15H15BrN4O2. The molecule has 0 aliphatic rings. The van der Waals surface area contributed by atoms with Crippen molar-refractivity contribution in [3.05, 3.63) is 35.1 Å². The number of halogens is 1. The van der Waals surface area contributed by atoms with E-state index in [1.165, 1.54) is 0 Å². The van der Waals surface area contributed by atoms with Gasteiger partial charge in [0.1, 0.15) is 12.2 Å². The zero-order valence-corrected chi connectivity index (χ0v) is 13.9. The number of carbonyl (C=O) groups excluding carboxylic acids is 1. The van der Waals surface area contributed by atoms with Crippen LogP contribution in [0, 0.1) is 0 Å². The number of hydrogen-bond donors (Lipinski definition) is 0.